The highest BCUT2D eigenvalue weighted by molar-refractivity contribution is 6.30. The average molecular weight is 359 g/mol. The summed E-state index contributed by atoms with van der Waals surface area (Å²) in [5.74, 6) is 0.872. The summed E-state index contributed by atoms with van der Waals surface area (Å²) in [5.41, 5.74) is 1.56. The van der Waals surface area contributed by atoms with Crippen LogP contribution in [0.2, 0.25) is 5.02 Å². The normalized spacial score (nSPS) is 20.5. The maximum absolute atomic E-state index is 11.4. The maximum Gasteiger partial charge on any atom is 0.161 e. The third kappa shape index (κ3) is 4.20. The first kappa shape index (κ1) is 17.9. The highest BCUT2D eigenvalue weighted by Gasteiger charge is 2.35. The third-order valence-corrected chi connectivity index (χ3v) is 5.18. The number of benzene rings is 1. The van der Waals surface area contributed by atoms with Gasteiger partial charge >= 0.3 is 0 Å². The molecule has 1 N–H and O–H groups in total. The van der Waals surface area contributed by atoms with Crippen LogP contribution in [0.5, 0.6) is 0 Å². The van der Waals surface area contributed by atoms with Crippen LogP contribution in [0.25, 0.3) is 0 Å². The molecule has 0 unspecified atom stereocenters. The van der Waals surface area contributed by atoms with Gasteiger partial charge in [0.05, 0.1) is 6.61 Å². The van der Waals surface area contributed by atoms with E-state index in [1.807, 2.05) is 30.3 Å². The topological polar surface area (TPSA) is 53.4 Å². The number of hydrogen-bond acceptors (Lipinski definition) is 4. The molecule has 3 rings (SSSR count). The number of halogens is 1. The van der Waals surface area contributed by atoms with Crippen molar-refractivity contribution in [3.05, 3.63) is 58.7 Å². The Morgan fingerprint density at radius 3 is 2.84 bits per heavy atom. The van der Waals surface area contributed by atoms with Crippen LogP contribution in [0.15, 0.2) is 42.6 Å². The lowest BCUT2D eigenvalue weighted by atomic mass is 9.75. The van der Waals surface area contributed by atoms with E-state index in [-0.39, 0.29) is 17.8 Å². The van der Waals surface area contributed by atoms with Crippen LogP contribution < -0.4 is 4.90 Å². The number of carbonyl (C=O) groups excluding carboxylic acids is 1. The largest absolute Gasteiger partial charge is 0.396 e. The molecule has 0 amide bonds. The Kier molecular flexibility index (Phi) is 5.40. The Balaban J connectivity index is 1.78. The molecule has 0 spiro atoms. The molecule has 132 valence electrons. The van der Waals surface area contributed by atoms with Gasteiger partial charge in [-0.05, 0) is 56.0 Å². The molecule has 1 aliphatic rings. The lowest BCUT2D eigenvalue weighted by molar-refractivity contribution is 0.101. The number of pyridine rings is 1. The molecule has 1 aromatic carbocycles. The Bertz CT molecular complexity index is 748. The maximum atomic E-state index is 11.4. The molecule has 4 nitrogen and oxygen atoms in total. The minimum atomic E-state index is -0.205. The Labute approximate surface area is 153 Å². The predicted octanol–water partition coefficient (Wildman–Crippen LogP) is 3.76. The Morgan fingerprint density at radius 2 is 2.20 bits per heavy atom. The number of piperidine rings is 1. The number of carbonyl (C=O) groups is 1. The van der Waals surface area contributed by atoms with Gasteiger partial charge in [0.25, 0.3) is 0 Å². The zero-order valence-corrected chi connectivity index (χ0v) is 15.2. The van der Waals surface area contributed by atoms with Crippen molar-refractivity contribution in [3.63, 3.8) is 0 Å². The number of rotatable bonds is 5. The van der Waals surface area contributed by atoms with E-state index in [1.54, 1.807) is 13.1 Å². The summed E-state index contributed by atoms with van der Waals surface area (Å²) in [5, 5.41) is 10.9. The second-order valence-electron chi connectivity index (χ2n) is 6.95. The van der Waals surface area contributed by atoms with Crippen molar-refractivity contribution >= 4 is 23.2 Å². The number of anilines is 1. The fourth-order valence-electron chi connectivity index (χ4n) is 3.59. The van der Waals surface area contributed by atoms with Gasteiger partial charge < -0.3 is 10.0 Å². The van der Waals surface area contributed by atoms with Crippen LogP contribution in [0.3, 0.4) is 0 Å². The number of aliphatic hydroxyl groups is 1. The third-order valence-electron chi connectivity index (χ3n) is 4.94. The smallest absolute Gasteiger partial charge is 0.161 e. The molecule has 5 heteroatoms. The number of nitrogens with zero attached hydrogens (tertiary/aromatic N) is 2. The highest BCUT2D eigenvalue weighted by atomic mass is 35.5. The van der Waals surface area contributed by atoms with E-state index in [1.165, 1.54) is 0 Å². The standard InChI is InChI=1S/C20H23ClN2O2/c1-15(25)17-6-7-19(22-12-17)23-9-3-8-20(13-23,14-24)11-16-4-2-5-18(21)10-16/h2,4-7,10,12,24H,3,8-9,11,13-14H2,1H3/t20-/m1/s1. The highest BCUT2D eigenvalue weighted by Crippen LogP contribution is 2.35. The molecule has 0 radical (unpaired) electrons. The zero-order valence-electron chi connectivity index (χ0n) is 14.4. The monoisotopic (exact) mass is 358 g/mol. The van der Waals surface area contributed by atoms with Crippen LogP contribution >= 0.6 is 11.6 Å². The molecule has 1 fully saturated rings. The summed E-state index contributed by atoms with van der Waals surface area (Å²) < 4.78 is 0. The molecule has 0 bridgehead atoms. The molecule has 2 aromatic rings. The van der Waals surface area contributed by atoms with Gasteiger partial charge in [-0.25, -0.2) is 4.98 Å². The van der Waals surface area contributed by atoms with Gasteiger partial charge in [0, 0.05) is 35.3 Å². The van der Waals surface area contributed by atoms with Gasteiger partial charge in [0.15, 0.2) is 5.78 Å². The summed E-state index contributed by atoms with van der Waals surface area (Å²) in [6, 6.07) is 11.6. The minimum absolute atomic E-state index is 0.0170. The van der Waals surface area contributed by atoms with E-state index in [4.69, 9.17) is 11.6 Å². The second kappa shape index (κ2) is 7.54. The number of aliphatic hydroxyl groups excluding tert-OH is 1. The lowest BCUT2D eigenvalue weighted by Gasteiger charge is -2.42. The molecule has 2 heterocycles. The van der Waals surface area contributed by atoms with E-state index < -0.39 is 0 Å². The van der Waals surface area contributed by atoms with Gasteiger partial charge in [0.2, 0.25) is 0 Å². The van der Waals surface area contributed by atoms with E-state index in [9.17, 15) is 9.90 Å². The summed E-state index contributed by atoms with van der Waals surface area (Å²) in [4.78, 5) is 18.1. The first-order valence-corrected chi connectivity index (χ1v) is 8.96. The lowest BCUT2D eigenvalue weighted by Crippen LogP contribution is -2.47. The van der Waals surface area contributed by atoms with Crippen molar-refractivity contribution in [2.24, 2.45) is 5.41 Å². The fourth-order valence-corrected chi connectivity index (χ4v) is 3.81. The van der Waals surface area contributed by atoms with Crippen molar-refractivity contribution in [1.29, 1.82) is 0 Å². The fraction of sp³-hybridized carbons (Fsp3) is 0.400. The van der Waals surface area contributed by atoms with Crippen molar-refractivity contribution in [3.8, 4) is 0 Å². The average Bonchev–Trinajstić information content (AvgIpc) is 2.62. The first-order valence-electron chi connectivity index (χ1n) is 8.59. The van der Waals surface area contributed by atoms with E-state index >= 15 is 0 Å². The van der Waals surface area contributed by atoms with E-state index in [2.05, 4.69) is 16.0 Å². The molecule has 25 heavy (non-hydrogen) atoms. The van der Waals surface area contributed by atoms with Gasteiger partial charge in [-0.3, -0.25) is 4.79 Å². The Hall–Kier alpha value is -1.91. The van der Waals surface area contributed by atoms with Gasteiger partial charge in [-0.1, -0.05) is 23.7 Å². The quantitative estimate of drug-likeness (QED) is 0.827. The molecular weight excluding hydrogens is 336 g/mol. The molecular formula is C20H23ClN2O2. The van der Waals surface area contributed by atoms with Crippen molar-refractivity contribution in [2.45, 2.75) is 26.2 Å². The number of Topliss-reactive ketones (excluding diaryl/α,β-unsaturated/α-hetero) is 1. The van der Waals surface area contributed by atoms with Gasteiger partial charge in [-0.2, -0.15) is 0 Å². The minimum Gasteiger partial charge on any atom is -0.396 e. The summed E-state index contributed by atoms with van der Waals surface area (Å²) in [6.45, 7) is 3.31. The summed E-state index contributed by atoms with van der Waals surface area (Å²) in [6.07, 6.45) is 4.38. The van der Waals surface area contributed by atoms with E-state index in [0.29, 0.717) is 5.56 Å². The van der Waals surface area contributed by atoms with E-state index in [0.717, 1.165) is 48.8 Å². The van der Waals surface area contributed by atoms with Gasteiger partial charge in [-0.15, -0.1) is 0 Å². The van der Waals surface area contributed by atoms with Crippen LogP contribution in [-0.2, 0) is 6.42 Å². The van der Waals surface area contributed by atoms with Crippen molar-refractivity contribution < 1.29 is 9.90 Å². The van der Waals surface area contributed by atoms with Crippen LogP contribution in [-0.4, -0.2) is 35.6 Å². The van der Waals surface area contributed by atoms with Crippen LogP contribution in [0.4, 0.5) is 5.82 Å². The summed E-state index contributed by atoms with van der Waals surface area (Å²) >= 11 is 6.11. The zero-order chi connectivity index (χ0) is 17.9. The molecule has 0 saturated carbocycles. The number of ketones is 1. The van der Waals surface area contributed by atoms with Crippen LogP contribution in [0.1, 0.15) is 35.7 Å². The van der Waals surface area contributed by atoms with Gasteiger partial charge in [0.1, 0.15) is 5.82 Å². The SMILES string of the molecule is CC(=O)c1ccc(N2CCC[C@@](CO)(Cc3cccc(Cl)c3)C2)nc1. The predicted molar refractivity (Wildman–Crippen MR) is 100 cm³/mol. The summed E-state index contributed by atoms with van der Waals surface area (Å²) in [7, 11) is 0. The Morgan fingerprint density at radius 1 is 1.36 bits per heavy atom. The van der Waals surface area contributed by atoms with Crippen LogP contribution in [0, 0.1) is 5.41 Å². The molecule has 1 aliphatic heterocycles. The molecule has 1 saturated heterocycles. The second-order valence-corrected chi connectivity index (χ2v) is 7.39. The molecule has 1 atom stereocenters. The van der Waals surface area contributed by atoms with Crippen molar-refractivity contribution in [2.75, 3.05) is 24.6 Å². The number of aromatic nitrogens is 1. The number of hydrogen-bond donors (Lipinski definition) is 1. The first-order chi connectivity index (χ1) is 12.0. The van der Waals surface area contributed by atoms with Crippen molar-refractivity contribution in [1.82, 2.24) is 4.98 Å². The molecule has 1 aromatic heterocycles. The molecule has 0 aliphatic carbocycles.